The molecule has 0 saturated carbocycles. The van der Waals surface area contributed by atoms with Crippen molar-refractivity contribution in [2.24, 2.45) is 5.84 Å². The van der Waals surface area contributed by atoms with Crippen molar-refractivity contribution in [3.63, 3.8) is 0 Å². The smallest absolute Gasteiger partial charge is 0.387 e. The number of aromatic nitrogens is 1. The second kappa shape index (κ2) is 11.6. The van der Waals surface area contributed by atoms with E-state index in [-0.39, 0.29) is 12.4 Å². The van der Waals surface area contributed by atoms with E-state index < -0.39 is 6.61 Å². The molecule has 5 N–H and O–H groups in total. The van der Waals surface area contributed by atoms with Crippen LogP contribution in [0.3, 0.4) is 0 Å². The first-order valence-corrected chi connectivity index (χ1v) is 7.47. The first-order chi connectivity index (χ1) is 12.5. The van der Waals surface area contributed by atoms with Gasteiger partial charge < -0.3 is 14.8 Å². The van der Waals surface area contributed by atoms with Crippen molar-refractivity contribution in [2.75, 3.05) is 12.4 Å². The third kappa shape index (κ3) is 6.87. The fraction of sp³-hybridized carbons (Fsp3) is 0.250. The van der Waals surface area contributed by atoms with E-state index in [1.807, 2.05) is 24.0 Å². The number of alkyl halides is 2. The Balaban J connectivity index is 0.000000597. The Labute approximate surface area is 149 Å². The largest absolute Gasteiger partial charge is 0.472 e. The molecule has 0 bridgehead atoms. The lowest BCUT2D eigenvalue weighted by atomic mass is 10.1. The van der Waals surface area contributed by atoms with Crippen molar-refractivity contribution in [1.29, 1.82) is 0 Å². The van der Waals surface area contributed by atoms with Gasteiger partial charge in [0.15, 0.2) is 0 Å². The number of nitrogens with zero attached hydrogens (tertiary/aromatic N) is 1. The zero-order chi connectivity index (χ0) is 19.4. The van der Waals surface area contributed by atoms with Crippen molar-refractivity contribution in [3.05, 3.63) is 47.7 Å². The monoisotopic (exact) mass is 369 g/mol. The van der Waals surface area contributed by atoms with Crippen LogP contribution in [0.4, 0.5) is 14.5 Å². The van der Waals surface area contributed by atoms with Gasteiger partial charge in [0.2, 0.25) is 12.3 Å². The number of rotatable bonds is 8. The molecule has 0 aliphatic heterocycles. The van der Waals surface area contributed by atoms with Crippen molar-refractivity contribution in [1.82, 2.24) is 15.9 Å². The Morgan fingerprint density at radius 2 is 2.08 bits per heavy atom. The fourth-order valence-corrected chi connectivity index (χ4v) is 1.95. The second-order valence-corrected chi connectivity index (χ2v) is 4.73. The number of ether oxygens (including phenoxy) is 2. The Bertz CT molecular complexity index is 689. The predicted octanol–water partition coefficient (Wildman–Crippen LogP) is 1.72. The molecule has 0 unspecified atom stereocenters. The molecule has 0 fully saturated rings. The van der Waals surface area contributed by atoms with Gasteiger partial charge in [0.1, 0.15) is 12.4 Å². The average molecular weight is 369 g/mol. The summed E-state index contributed by atoms with van der Waals surface area (Å²) in [5.41, 5.74) is 5.92. The minimum absolute atomic E-state index is 0.0803. The number of hydrogen-bond donors (Lipinski definition) is 4. The zero-order valence-corrected chi connectivity index (χ0v) is 14.3. The van der Waals surface area contributed by atoms with Gasteiger partial charge in [-0.2, -0.15) is 14.3 Å². The number of hydrazine groups is 2. The number of nitrogens with one attached hydrogen (secondary N) is 3. The van der Waals surface area contributed by atoms with E-state index in [1.165, 1.54) is 6.07 Å². The minimum atomic E-state index is -2.88. The normalized spacial score (nSPS) is 9.77. The maximum absolute atomic E-state index is 12.5. The predicted molar refractivity (Wildman–Crippen MR) is 92.4 cm³/mol. The van der Waals surface area contributed by atoms with E-state index in [0.29, 0.717) is 23.5 Å². The first kappa shape index (κ1) is 21.1. The number of carbonyl (C=O) groups is 1. The van der Waals surface area contributed by atoms with Gasteiger partial charge in [-0.25, -0.2) is 4.98 Å². The number of hydrogen-bond acceptors (Lipinski definition) is 7. The van der Waals surface area contributed by atoms with Crippen LogP contribution in [-0.4, -0.2) is 25.1 Å². The highest BCUT2D eigenvalue weighted by Gasteiger charge is 2.14. The molecule has 2 rings (SSSR count). The highest BCUT2D eigenvalue weighted by Crippen LogP contribution is 2.29. The molecule has 1 amide bonds. The molecule has 26 heavy (non-hydrogen) atoms. The van der Waals surface area contributed by atoms with Crippen molar-refractivity contribution >= 4 is 12.1 Å². The summed E-state index contributed by atoms with van der Waals surface area (Å²) >= 11 is 0. The van der Waals surface area contributed by atoms with Gasteiger partial charge in [-0.05, 0) is 25.1 Å². The summed E-state index contributed by atoms with van der Waals surface area (Å²) in [4.78, 5) is 13.3. The molecule has 0 atom stereocenters. The number of pyridine rings is 1. The number of amides is 1. The molecule has 0 spiro atoms. The molecular weight excluding hydrogens is 348 g/mol. The van der Waals surface area contributed by atoms with E-state index in [1.54, 1.807) is 31.4 Å². The number of aryl methyl sites for hydroxylation is 1. The number of halogens is 2. The van der Waals surface area contributed by atoms with Crippen LogP contribution in [0.1, 0.15) is 11.1 Å². The Kier molecular flexibility index (Phi) is 9.36. The average Bonchev–Trinajstić information content (AvgIpc) is 2.62. The van der Waals surface area contributed by atoms with Crippen molar-refractivity contribution in [3.8, 4) is 11.6 Å². The molecule has 2 aromatic rings. The summed E-state index contributed by atoms with van der Waals surface area (Å²) in [7, 11) is 1.71. The summed E-state index contributed by atoms with van der Waals surface area (Å²) < 4.78 is 35.1. The SMILES string of the molecule is CNc1cccc(OC(F)F)c1COc1ncccc1C.NNNC=O. The molecule has 1 aromatic carbocycles. The summed E-state index contributed by atoms with van der Waals surface area (Å²) in [6.45, 7) is -0.938. The highest BCUT2D eigenvalue weighted by molar-refractivity contribution is 5.57. The van der Waals surface area contributed by atoms with E-state index in [2.05, 4.69) is 20.9 Å². The van der Waals surface area contributed by atoms with E-state index in [4.69, 9.17) is 9.53 Å². The van der Waals surface area contributed by atoms with Gasteiger partial charge in [0.05, 0.1) is 5.56 Å². The van der Waals surface area contributed by atoms with Crippen LogP contribution < -0.4 is 31.6 Å². The zero-order valence-electron chi connectivity index (χ0n) is 14.3. The van der Waals surface area contributed by atoms with Gasteiger partial charge in [0.25, 0.3) is 0 Å². The van der Waals surface area contributed by atoms with E-state index in [9.17, 15) is 8.78 Å². The number of benzene rings is 1. The van der Waals surface area contributed by atoms with Crippen LogP contribution in [0.2, 0.25) is 0 Å². The van der Waals surface area contributed by atoms with Crippen LogP contribution in [0.25, 0.3) is 0 Å². The first-order valence-electron chi connectivity index (χ1n) is 7.47. The van der Waals surface area contributed by atoms with Gasteiger partial charge in [-0.3, -0.25) is 16.1 Å². The minimum Gasteiger partial charge on any atom is -0.472 e. The van der Waals surface area contributed by atoms with Crippen molar-refractivity contribution < 1.29 is 23.0 Å². The molecule has 1 heterocycles. The molecule has 8 nitrogen and oxygen atoms in total. The summed E-state index contributed by atoms with van der Waals surface area (Å²) in [5.74, 6) is 5.10. The van der Waals surface area contributed by atoms with Gasteiger partial charge >= 0.3 is 6.61 Å². The lowest BCUT2D eigenvalue weighted by Gasteiger charge is -2.15. The lowest BCUT2D eigenvalue weighted by molar-refractivity contribution is -0.110. The van der Waals surface area contributed by atoms with Gasteiger partial charge in [0, 0.05) is 24.5 Å². The van der Waals surface area contributed by atoms with Crippen LogP contribution in [0, 0.1) is 6.92 Å². The Hall–Kier alpha value is -2.98. The van der Waals surface area contributed by atoms with Gasteiger partial charge in [-0.15, -0.1) is 0 Å². The third-order valence-corrected chi connectivity index (χ3v) is 3.08. The summed E-state index contributed by atoms with van der Waals surface area (Å²) in [6, 6.07) is 8.55. The number of carbonyl (C=O) groups excluding carboxylic acids is 1. The van der Waals surface area contributed by atoms with Crippen LogP contribution >= 0.6 is 0 Å². The summed E-state index contributed by atoms with van der Waals surface area (Å²) in [6.07, 6.45) is 2.06. The van der Waals surface area contributed by atoms with Crippen LogP contribution in [0.15, 0.2) is 36.5 Å². The molecule has 0 radical (unpaired) electrons. The molecule has 0 aliphatic carbocycles. The van der Waals surface area contributed by atoms with Crippen molar-refractivity contribution in [2.45, 2.75) is 20.1 Å². The summed E-state index contributed by atoms with van der Waals surface area (Å²) in [5, 5.41) is 2.93. The molecule has 0 aliphatic rings. The lowest BCUT2D eigenvalue weighted by Crippen LogP contribution is -2.36. The molecule has 1 aromatic heterocycles. The molecule has 142 valence electrons. The van der Waals surface area contributed by atoms with Crippen LogP contribution in [-0.2, 0) is 11.4 Å². The van der Waals surface area contributed by atoms with E-state index in [0.717, 1.165) is 5.56 Å². The maximum atomic E-state index is 12.5. The fourth-order valence-electron chi connectivity index (χ4n) is 1.95. The number of nitrogens with two attached hydrogens (primary N) is 1. The molecule has 10 heteroatoms. The standard InChI is InChI=1S/C15H16F2N2O2.CH5N3O/c1-10-5-4-8-19-14(10)20-9-11-12(18-2)6-3-7-13(11)21-15(16)17;2-4-3-1-5/h3-8,15,18H,9H2,1-2H3;1,4H,2H2,(H,3,5). The topological polar surface area (TPSA) is 111 Å². The third-order valence-electron chi connectivity index (χ3n) is 3.08. The second-order valence-electron chi connectivity index (χ2n) is 4.73. The maximum Gasteiger partial charge on any atom is 0.387 e. The number of anilines is 1. The highest BCUT2D eigenvalue weighted by atomic mass is 19.3. The van der Waals surface area contributed by atoms with Gasteiger partial charge in [-0.1, -0.05) is 12.1 Å². The quantitative estimate of drug-likeness (QED) is 0.319. The molecule has 0 saturated heterocycles. The Morgan fingerprint density at radius 1 is 1.31 bits per heavy atom. The van der Waals surface area contributed by atoms with Crippen LogP contribution in [0.5, 0.6) is 11.6 Å². The van der Waals surface area contributed by atoms with E-state index >= 15 is 0 Å². The molecular formula is C16H21F2N5O3. The Morgan fingerprint density at radius 3 is 2.62 bits per heavy atom.